The Kier molecular flexibility index (Phi) is 4.72. The van der Waals surface area contributed by atoms with E-state index in [1.807, 2.05) is 0 Å². The van der Waals surface area contributed by atoms with Gasteiger partial charge >= 0.3 is 0 Å². The van der Waals surface area contributed by atoms with Gasteiger partial charge < -0.3 is 4.74 Å². The highest BCUT2D eigenvalue weighted by Gasteiger charge is 2.13. The molecular formula is C13H15BrFNO2. The Morgan fingerprint density at radius 2 is 2.11 bits per heavy atom. The minimum Gasteiger partial charge on any atom is -0.490 e. The number of nitrogens with zero attached hydrogens (tertiary/aromatic N) is 1. The van der Waals surface area contributed by atoms with Crippen molar-refractivity contribution in [2.24, 2.45) is 0 Å². The van der Waals surface area contributed by atoms with Crippen LogP contribution >= 0.6 is 15.9 Å². The van der Waals surface area contributed by atoms with Crippen molar-refractivity contribution in [2.45, 2.75) is 12.8 Å². The van der Waals surface area contributed by atoms with Crippen LogP contribution in [0.15, 0.2) is 16.6 Å². The molecule has 0 radical (unpaired) electrons. The van der Waals surface area contributed by atoms with Crippen LogP contribution in [-0.4, -0.2) is 37.4 Å². The van der Waals surface area contributed by atoms with Crippen LogP contribution in [0.25, 0.3) is 0 Å². The summed E-state index contributed by atoms with van der Waals surface area (Å²) in [5, 5.41) is 0. The van der Waals surface area contributed by atoms with Gasteiger partial charge in [-0.05, 0) is 54.0 Å². The summed E-state index contributed by atoms with van der Waals surface area (Å²) in [6.07, 6.45) is 3.08. The standard InChI is InChI=1S/C13H15BrFNO2/c14-12-8-11(15)7-10(9-17)13(12)18-6-5-16-3-1-2-4-16/h7-9H,1-6H2. The van der Waals surface area contributed by atoms with E-state index in [1.165, 1.54) is 25.0 Å². The van der Waals surface area contributed by atoms with Crippen LogP contribution in [0.4, 0.5) is 4.39 Å². The molecule has 0 atom stereocenters. The van der Waals surface area contributed by atoms with Gasteiger partial charge in [0.2, 0.25) is 0 Å². The number of carbonyl (C=O) groups is 1. The smallest absolute Gasteiger partial charge is 0.153 e. The third kappa shape index (κ3) is 3.29. The largest absolute Gasteiger partial charge is 0.490 e. The summed E-state index contributed by atoms with van der Waals surface area (Å²) >= 11 is 3.21. The van der Waals surface area contributed by atoms with Crippen molar-refractivity contribution < 1.29 is 13.9 Å². The van der Waals surface area contributed by atoms with E-state index in [0.29, 0.717) is 23.1 Å². The summed E-state index contributed by atoms with van der Waals surface area (Å²) in [5.41, 5.74) is 0.239. The maximum Gasteiger partial charge on any atom is 0.153 e. The van der Waals surface area contributed by atoms with Crippen molar-refractivity contribution in [3.05, 3.63) is 28.0 Å². The van der Waals surface area contributed by atoms with Gasteiger partial charge in [0.05, 0.1) is 10.0 Å². The SMILES string of the molecule is O=Cc1cc(F)cc(Br)c1OCCN1CCCC1. The number of ether oxygens (including phenoxy) is 1. The highest BCUT2D eigenvalue weighted by molar-refractivity contribution is 9.10. The van der Waals surface area contributed by atoms with E-state index >= 15 is 0 Å². The minimum atomic E-state index is -0.448. The number of carbonyl (C=O) groups excluding carboxylic acids is 1. The van der Waals surface area contributed by atoms with Crippen LogP contribution < -0.4 is 4.74 Å². The van der Waals surface area contributed by atoms with Crippen molar-refractivity contribution >= 4 is 22.2 Å². The number of halogens is 2. The fraction of sp³-hybridized carbons (Fsp3) is 0.462. The van der Waals surface area contributed by atoms with Gasteiger partial charge in [-0.15, -0.1) is 0 Å². The first-order valence-electron chi connectivity index (χ1n) is 6.00. The summed E-state index contributed by atoms with van der Waals surface area (Å²) < 4.78 is 19.2. The van der Waals surface area contributed by atoms with E-state index in [0.717, 1.165) is 19.6 Å². The summed E-state index contributed by atoms with van der Waals surface area (Å²) in [6.45, 7) is 3.55. The Morgan fingerprint density at radius 1 is 1.39 bits per heavy atom. The van der Waals surface area contributed by atoms with Crippen molar-refractivity contribution in [1.82, 2.24) is 4.90 Å². The molecule has 0 aromatic heterocycles. The fourth-order valence-electron chi connectivity index (χ4n) is 2.10. The maximum atomic E-state index is 13.1. The van der Waals surface area contributed by atoms with Crippen LogP contribution in [0.3, 0.4) is 0 Å². The Balaban J connectivity index is 1.97. The average Bonchev–Trinajstić information content (AvgIpc) is 2.84. The number of hydrogen-bond donors (Lipinski definition) is 0. The van der Waals surface area contributed by atoms with E-state index in [9.17, 15) is 9.18 Å². The van der Waals surface area contributed by atoms with Crippen molar-refractivity contribution in [2.75, 3.05) is 26.2 Å². The highest BCUT2D eigenvalue weighted by atomic mass is 79.9. The second-order valence-electron chi connectivity index (χ2n) is 4.32. The lowest BCUT2D eigenvalue weighted by Crippen LogP contribution is -2.25. The van der Waals surface area contributed by atoms with Gasteiger partial charge in [-0.3, -0.25) is 9.69 Å². The fourth-order valence-corrected chi connectivity index (χ4v) is 2.67. The van der Waals surface area contributed by atoms with Crippen LogP contribution in [-0.2, 0) is 0 Å². The predicted molar refractivity (Wildman–Crippen MR) is 70.7 cm³/mol. The van der Waals surface area contributed by atoms with Gasteiger partial charge in [-0.2, -0.15) is 0 Å². The highest BCUT2D eigenvalue weighted by Crippen LogP contribution is 2.29. The average molecular weight is 316 g/mol. The molecule has 0 spiro atoms. The van der Waals surface area contributed by atoms with Gasteiger partial charge in [-0.1, -0.05) is 0 Å². The van der Waals surface area contributed by atoms with Crippen molar-refractivity contribution in [3.8, 4) is 5.75 Å². The zero-order chi connectivity index (χ0) is 13.0. The van der Waals surface area contributed by atoms with Crippen LogP contribution in [0.5, 0.6) is 5.75 Å². The number of likely N-dealkylation sites (tertiary alicyclic amines) is 1. The lowest BCUT2D eigenvalue weighted by molar-refractivity contribution is 0.111. The third-order valence-electron chi connectivity index (χ3n) is 3.02. The van der Waals surface area contributed by atoms with E-state index in [4.69, 9.17) is 4.74 Å². The molecule has 0 N–H and O–H groups in total. The number of benzene rings is 1. The molecule has 1 aliphatic heterocycles. The van der Waals surface area contributed by atoms with E-state index in [2.05, 4.69) is 20.8 Å². The molecular weight excluding hydrogens is 301 g/mol. The maximum absolute atomic E-state index is 13.1. The second-order valence-corrected chi connectivity index (χ2v) is 5.18. The molecule has 0 aliphatic carbocycles. The molecule has 18 heavy (non-hydrogen) atoms. The van der Waals surface area contributed by atoms with Crippen LogP contribution in [0, 0.1) is 5.82 Å². The van der Waals surface area contributed by atoms with Gasteiger partial charge in [0, 0.05) is 6.54 Å². The topological polar surface area (TPSA) is 29.5 Å². The molecule has 3 nitrogen and oxygen atoms in total. The molecule has 0 saturated carbocycles. The second kappa shape index (κ2) is 6.29. The Bertz CT molecular complexity index is 433. The molecule has 0 bridgehead atoms. The molecule has 1 saturated heterocycles. The first-order valence-corrected chi connectivity index (χ1v) is 6.79. The van der Waals surface area contributed by atoms with Crippen LogP contribution in [0.2, 0.25) is 0 Å². The molecule has 1 aliphatic rings. The Morgan fingerprint density at radius 3 is 2.78 bits per heavy atom. The number of aldehydes is 1. The van der Waals surface area contributed by atoms with E-state index in [-0.39, 0.29) is 5.56 Å². The van der Waals surface area contributed by atoms with Crippen LogP contribution in [0.1, 0.15) is 23.2 Å². The van der Waals surface area contributed by atoms with Gasteiger partial charge in [0.25, 0.3) is 0 Å². The summed E-state index contributed by atoms with van der Waals surface area (Å²) in [4.78, 5) is 13.2. The van der Waals surface area contributed by atoms with E-state index < -0.39 is 5.82 Å². The summed E-state index contributed by atoms with van der Waals surface area (Å²) in [7, 11) is 0. The normalized spacial score (nSPS) is 15.9. The number of hydrogen-bond acceptors (Lipinski definition) is 3. The molecule has 2 rings (SSSR count). The van der Waals surface area contributed by atoms with Gasteiger partial charge in [0.15, 0.2) is 6.29 Å². The first-order chi connectivity index (χ1) is 8.70. The molecule has 5 heteroatoms. The summed E-state index contributed by atoms with van der Waals surface area (Å²) in [5.74, 6) is -0.0264. The van der Waals surface area contributed by atoms with Crippen molar-refractivity contribution in [1.29, 1.82) is 0 Å². The monoisotopic (exact) mass is 315 g/mol. The molecule has 1 fully saturated rings. The third-order valence-corrected chi connectivity index (χ3v) is 3.61. The quantitative estimate of drug-likeness (QED) is 0.782. The predicted octanol–water partition coefficient (Wildman–Crippen LogP) is 2.88. The summed E-state index contributed by atoms with van der Waals surface area (Å²) in [6, 6.07) is 2.49. The lowest BCUT2D eigenvalue weighted by atomic mass is 10.2. The molecule has 0 unspecified atom stereocenters. The van der Waals surface area contributed by atoms with Gasteiger partial charge in [0.1, 0.15) is 18.2 Å². The minimum absolute atomic E-state index is 0.239. The zero-order valence-electron chi connectivity index (χ0n) is 9.99. The van der Waals surface area contributed by atoms with Crippen molar-refractivity contribution in [3.63, 3.8) is 0 Å². The first kappa shape index (κ1) is 13.5. The Hall–Kier alpha value is -0.940. The molecule has 0 amide bonds. The molecule has 1 aromatic rings. The van der Waals surface area contributed by atoms with E-state index in [1.54, 1.807) is 0 Å². The van der Waals surface area contributed by atoms with Gasteiger partial charge in [-0.25, -0.2) is 4.39 Å². The molecule has 1 aromatic carbocycles. The lowest BCUT2D eigenvalue weighted by Gasteiger charge is -2.16. The zero-order valence-corrected chi connectivity index (χ0v) is 11.6. The number of rotatable bonds is 5. The Labute approximate surface area is 114 Å². The molecule has 1 heterocycles. The molecule has 98 valence electrons.